The maximum Gasteiger partial charge on any atom is 0.238 e. The molecule has 2 fully saturated rings. The maximum atomic E-state index is 12.9. The van der Waals surface area contributed by atoms with Crippen molar-refractivity contribution in [3.8, 4) is 11.5 Å². The van der Waals surface area contributed by atoms with E-state index in [1.807, 2.05) is 0 Å². The van der Waals surface area contributed by atoms with E-state index in [0.29, 0.717) is 22.2 Å². The van der Waals surface area contributed by atoms with Gasteiger partial charge in [0.15, 0.2) is 0 Å². The Bertz CT molecular complexity index is 714. The second-order valence-corrected chi connectivity index (χ2v) is 6.58. The van der Waals surface area contributed by atoms with Crippen molar-refractivity contribution >= 4 is 29.1 Å². The van der Waals surface area contributed by atoms with Crippen LogP contribution < -0.4 is 14.4 Å². The first kappa shape index (κ1) is 14.6. The van der Waals surface area contributed by atoms with E-state index in [1.54, 1.807) is 12.1 Å². The standard InChI is InChI=1S/C17H16ClNO4/c1-22-12-7-11(13(23-2)6-10(12)18)19-16(20)14-8-3-4-9(5-8)15(14)17(19)21/h3-4,6-9,14-15H,5H2,1-2H3/t8-,9+,14-,15-/m0/s1. The van der Waals surface area contributed by atoms with Gasteiger partial charge in [0, 0.05) is 12.1 Å². The number of allylic oxidation sites excluding steroid dienone is 2. The van der Waals surface area contributed by atoms with Crippen LogP contribution in [0.4, 0.5) is 5.69 Å². The molecule has 1 heterocycles. The van der Waals surface area contributed by atoms with Crippen LogP contribution in [0, 0.1) is 23.7 Å². The molecule has 1 aromatic carbocycles. The third kappa shape index (κ3) is 1.86. The first-order chi connectivity index (χ1) is 11.1. The number of halogens is 1. The fourth-order valence-electron chi connectivity index (χ4n) is 4.16. The third-order valence-corrected chi connectivity index (χ3v) is 5.46. The molecule has 0 unspecified atom stereocenters. The van der Waals surface area contributed by atoms with E-state index in [4.69, 9.17) is 21.1 Å². The summed E-state index contributed by atoms with van der Waals surface area (Å²) in [7, 11) is 2.97. The van der Waals surface area contributed by atoms with Gasteiger partial charge in [0.1, 0.15) is 11.5 Å². The van der Waals surface area contributed by atoms with Crippen LogP contribution in [0.25, 0.3) is 0 Å². The predicted molar refractivity (Wildman–Crippen MR) is 84.8 cm³/mol. The number of fused-ring (bicyclic) bond motifs is 5. The third-order valence-electron chi connectivity index (χ3n) is 5.16. The molecule has 6 heteroatoms. The summed E-state index contributed by atoms with van der Waals surface area (Å²) in [6, 6.07) is 3.16. The molecule has 1 aromatic rings. The number of imide groups is 1. The number of carbonyl (C=O) groups excluding carboxylic acids is 2. The lowest BCUT2D eigenvalue weighted by atomic mass is 9.85. The Balaban J connectivity index is 1.80. The number of hydrogen-bond donors (Lipinski definition) is 0. The largest absolute Gasteiger partial charge is 0.495 e. The molecule has 4 atom stereocenters. The summed E-state index contributed by atoms with van der Waals surface area (Å²) in [5.41, 5.74) is 0.401. The van der Waals surface area contributed by atoms with Crippen molar-refractivity contribution in [2.24, 2.45) is 23.7 Å². The predicted octanol–water partition coefficient (Wildman–Crippen LogP) is 2.67. The minimum absolute atomic E-state index is 0.153. The summed E-state index contributed by atoms with van der Waals surface area (Å²) in [6.07, 6.45) is 5.04. The lowest BCUT2D eigenvalue weighted by molar-refractivity contribution is -0.123. The van der Waals surface area contributed by atoms with Gasteiger partial charge in [-0.2, -0.15) is 0 Å². The molecule has 5 nitrogen and oxygen atoms in total. The number of rotatable bonds is 3. The molecule has 2 amide bonds. The molecule has 3 aliphatic rings. The highest BCUT2D eigenvalue weighted by Gasteiger charge is 2.60. The molecule has 1 saturated heterocycles. The van der Waals surface area contributed by atoms with Crippen molar-refractivity contribution in [1.82, 2.24) is 0 Å². The maximum absolute atomic E-state index is 12.9. The van der Waals surface area contributed by atoms with Crippen molar-refractivity contribution in [3.05, 3.63) is 29.3 Å². The van der Waals surface area contributed by atoms with Crippen molar-refractivity contribution in [2.75, 3.05) is 19.1 Å². The molecule has 2 aliphatic carbocycles. The molecular weight excluding hydrogens is 318 g/mol. The molecule has 4 rings (SSSR count). The zero-order valence-corrected chi connectivity index (χ0v) is 13.5. The van der Waals surface area contributed by atoms with Crippen LogP contribution in [0.1, 0.15) is 6.42 Å². The van der Waals surface area contributed by atoms with Crippen molar-refractivity contribution in [1.29, 1.82) is 0 Å². The van der Waals surface area contributed by atoms with E-state index in [1.165, 1.54) is 19.1 Å². The molecule has 0 spiro atoms. The minimum atomic E-state index is -0.246. The summed E-state index contributed by atoms with van der Waals surface area (Å²) < 4.78 is 10.5. The number of hydrogen-bond acceptors (Lipinski definition) is 4. The van der Waals surface area contributed by atoms with Gasteiger partial charge in [-0.25, -0.2) is 4.90 Å². The van der Waals surface area contributed by atoms with Crippen LogP contribution in [-0.4, -0.2) is 26.0 Å². The fraction of sp³-hybridized carbons (Fsp3) is 0.412. The number of methoxy groups -OCH3 is 2. The first-order valence-corrected chi connectivity index (χ1v) is 7.92. The molecule has 120 valence electrons. The quantitative estimate of drug-likeness (QED) is 0.630. The second-order valence-electron chi connectivity index (χ2n) is 6.17. The zero-order valence-electron chi connectivity index (χ0n) is 12.8. The molecular formula is C17H16ClNO4. The summed E-state index contributed by atoms with van der Waals surface area (Å²) in [5, 5.41) is 0.370. The Hall–Kier alpha value is -2.01. The van der Waals surface area contributed by atoms with Crippen LogP contribution in [-0.2, 0) is 9.59 Å². The summed E-state index contributed by atoms with van der Waals surface area (Å²) in [4.78, 5) is 27.0. The van der Waals surface area contributed by atoms with Crippen molar-refractivity contribution < 1.29 is 19.1 Å². The van der Waals surface area contributed by atoms with E-state index in [-0.39, 0.29) is 35.5 Å². The van der Waals surface area contributed by atoms with E-state index in [0.717, 1.165) is 6.42 Å². The van der Waals surface area contributed by atoms with Crippen molar-refractivity contribution in [2.45, 2.75) is 6.42 Å². The molecule has 23 heavy (non-hydrogen) atoms. The average Bonchev–Trinajstić information content (AvgIpc) is 3.22. The van der Waals surface area contributed by atoms with E-state index < -0.39 is 0 Å². The van der Waals surface area contributed by atoms with Gasteiger partial charge in [-0.05, 0) is 18.3 Å². The van der Waals surface area contributed by atoms with Crippen LogP contribution in [0.5, 0.6) is 11.5 Å². The molecule has 2 bridgehead atoms. The SMILES string of the molecule is COc1cc(N2C(=O)[C@@H]3[C@@H](C2=O)[C@H]2C=C[C@@H]3C2)c(OC)cc1Cl. The smallest absolute Gasteiger partial charge is 0.238 e. The number of ether oxygens (including phenoxy) is 2. The Morgan fingerprint density at radius 3 is 2.09 bits per heavy atom. The number of nitrogens with zero attached hydrogens (tertiary/aromatic N) is 1. The van der Waals surface area contributed by atoms with Gasteiger partial charge in [-0.3, -0.25) is 9.59 Å². The Morgan fingerprint density at radius 2 is 1.57 bits per heavy atom. The Morgan fingerprint density at radius 1 is 1.00 bits per heavy atom. The van der Waals surface area contributed by atoms with E-state index in [9.17, 15) is 9.59 Å². The average molecular weight is 334 g/mol. The van der Waals surface area contributed by atoms with E-state index >= 15 is 0 Å². The highest BCUT2D eigenvalue weighted by molar-refractivity contribution is 6.32. The van der Waals surface area contributed by atoms with Crippen LogP contribution in [0.15, 0.2) is 24.3 Å². The Labute approximate surface area is 138 Å². The van der Waals surface area contributed by atoms with Crippen LogP contribution in [0.2, 0.25) is 5.02 Å². The number of benzene rings is 1. The van der Waals surface area contributed by atoms with Gasteiger partial charge in [0.2, 0.25) is 11.8 Å². The van der Waals surface area contributed by atoms with Gasteiger partial charge in [-0.15, -0.1) is 0 Å². The summed E-state index contributed by atoms with van der Waals surface area (Å²) in [5.74, 6) is 0.337. The second kappa shape index (κ2) is 4.99. The number of amides is 2. The molecule has 1 aliphatic heterocycles. The van der Waals surface area contributed by atoms with Gasteiger partial charge >= 0.3 is 0 Å². The van der Waals surface area contributed by atoms with Gasteiger partial charge in [-0.1, -0.05) is 23.8 Å². The summed E-state index contributed by atoms with van der Waals surface area (Å²) in [6.45, 7) is 0. The highest BCUT2D eigenvalue weighted by Crippen LogP contribution is 2.54. The topological polar surface area (TPSA) is 55.8 Å². The Kier molecular flexibility index (Phi) is 3.17. The monoisotopic (exact) mass is 333 g/mol. The highest BCUT2D eigenvalue weighted by atomic mass is 35.5. The minimum Gasteiger partial charge on any atom is -0.495 e. The van der Waals surface area contributed by atoms with Crippen molar-refractivity contribution in [3.63, 3.8) is 0 Å². The molecule has 0 N–H and O–H groups in total. The molecule has 0 radical (unpaired) electrons. The summed E-state index contributed by atoms with van der Waals surface area (Å²) >= 11 is 6.11. The van der Waals surface area contributed by atoms with Gasteiger partial charge in [0.25, 0.3) is 0 Å². The number of anilines is 1. The normalized spacial score (nSPS) is 31.0. The first-order valence-electron chi connectivity index (χ1n) is 7.54. The lowest BCUT2D eigenvalue weighted by Gasteiger charge is -2.21. The molecule has 1 saturated carbocycles. The van der Waals surface area contributed by atoms with Gasteiger partial charge in [0.05, 0.1) is 36.8 Å². The van der Waals surface area contributed by atoms with Crippen LogP contribution in [0.3, 0.4) is 0 Å². The lowest BCUT2D eigenvalue weighted by Crippen LogP contribution is -2.33. The number of carbonyl (C=O) groups is 2. The van der Waals surface area contributed by atoms with Crippen LogP contribution >= 0.6 is 11.6 Å². The zero-order chi connectivity index (χ0) is 16.3. The van der Waals surface area contributed by atoms with E-state index in [2.05, 4.69) is 12.2 Å². The molecule has 0 aromatic heterocycles. The fourth-order valence-corrected chi connectivity index (χ4v) is 4.39. The van der Waals surface area contributed by atoms with Gasteiger partial charge < -0.3 is 9.47 Å².